The van der Waals surface area contributed by atoms with Gasteiger partial charge in [-0.1, -0.05) is 15.9 Å². The molecule has 0 bridgehead atoms. The van der Waals surface area contributed by atoms with Gasteiger partial charge < -0.3 is 19.5 Å². The van der Waals surface area contributed by atoms with Gasteiger partial charge in [0.25, 0.3) is 5.91 Å². The molecule has 1 saturated heterocycles. The molecule has 2 aliphatic rings. The monoisotopic (exact) mass is 520 g/mol. The largest absolute Gasteiger partial charge is 0.427 e. The number of amides is 2. The molecule has 0 aliphatic carbocycles. The highest BCUT2D eigenvalue weighted by Gasteiger charge is 2.54. The van der Waals surface area contributed by atoms with Crippen LogP contribution in [0.2, 0.25) is 0 Å². The number of Topliss-reactive ketones (excluding diaryl/α,β-unsaturated/α-hetero) is 1. The number of thioether (sulfide) groups is 1. The second-order valence-electron chi connectivity index (χ2n) is 7.92. The maximum atomic E-state index is 12.7. The average Bonchev–Trinajstić information content (AvgIpc) is 2.70. The van der Waals surface area contributed by atoms with Crippen LogP contribution in [0.15, 0.2) is 11.3 Å². The minimum absolute atomic E-state index is 0.0180. The normalized spacial score (nSPS) is 20.5. The van der Waals surface area contributed by atoms with Crippen LogP contribution in [0.5, 0.6) is 0 Å². The minimum atomic E-state index is -0.855. The van der Waals surface area contributed by atoms with Crippen LogP contribution in [0, 0.1) is 5.41 Å². The van der Waals surface area contributed by atoms with E-state index >= 15 is 0 Å². The SMILES string of the molecule is COCC1=C(C(=O)OCOC(=O)C(C)(C)C)N2C(=O)C(NC(=O)CC(=O)CBr)[C@H]2SC1. The highest BCUT2D eigenvalue weighted by Crippen LogP contribution is 2.40. The van der Waals surface area contributed by atoms with Crippen LogP contribution >= 0.6 is 27.7 Å². The summed E-state index contributed by atoms with van der Waals surface area (Å²) < 4.78 is 15.2. The van der Waals surface area contributed by atoms with Gasteiger partial charge in [0.1, 0.15) is 17.1 Å². The lowest BCUT2D eigenvalue weighted by atomic mass is 9.98. The van der Waals surface area contributed by atoms with Gasteiger partial charge in [-0.15, -0.1) is 11.8 Å². The number of nitrogens with zero attached hydrogens (tertiary/aromatic N) is 1. The molecule has 0 radical (unpaired) electrons. The number of methoxy groups -OCH3 is 1. The van der Waals surface area contributed by atoms with Crippen molar-refractivity contribution in [2.45, 2.75) is 38.6 Å². The number of ether oxygens (including phenoxy) is 3. The highest BCUT2D eigenvalue weighted by molar-refractivity contribution is 9.09. The van der Waals surface area contributed by atoms with Crippen LogP contribution in [-0.4, -0.2) is 77.4 Å². The first-order valence-corrected chi connectivity index (χ1v) is 11.5. The molecule has 2 rings (SSSR count). The quantitative estimate of drug-likeness (QED) is 0.154. The fourth-order valence-electron chi connectivity index (χ4n) is 2.83. The smallest absolute Gasteiger partial charge is 0.358 e. The summed E-state index contributed by atoms with van der Waals surface area (Å²) in [6, 6.07) is -0.855. The highest BCUT2D eigenvalue weighted by atomic mass is 79.9. The first kappa shape index (κ1) is 25.3. The predicted molar refractivity (Wildman–Crippen MR) is 114 cm³/mol. The lowest BCUT2D eigenvalue weighted by Gasteiger charge is -2.49. The molecule has 172 valence electrons. The Bertz CT molecular complexity index is 807. The number of hydrogen-bond donors (Lipinski definition) is 1. The van der Waals surface area contributed by atoms with Gasteiger partial charge in [-0.2, -0.15) is 0 Å². The molecule has 12 heteroatoms. The minimum Gasteiger partial charge on any atom is -0.427 e. The van der Waals surface area contributed by atoms with E-state index in [0.717, 1.165) is 0 Å². The molecule has 2 heterocycles. The van der Waals surface area contributed by atoms with Gasteiger partial charge in [0.2, 0.25) is 12.7 Å². The van der Waals surface area contributed by atoms with Crippen molar-refractivity contribution in [2.75, 3.05) is 31.6 Å². The number of halogens is 1. The molecule has 0 aromatic heterocycles. The van der Waals surface area contributed by atoms with Crippen molar-refractivity contribution < 1.29 is 38.2 Å². The Morgan fingerprint density at radius 2 is 1.90 bits per heavy atom. The Morgan fingerprint density at radius 3 is 2.48 bits per heavy atom. The van der Waals surface area contributed by atoms with E-state index in [9.17, 15) is 24.0 Å². The zero-order valence-corrected chi connectivity index (χ0v) is 20.1. The number of β-lactam (4-membered cyclic amide) rings is 1. The van der Waals surface area contributed by atoms with Gasteiger partial charge in [0, 0.05) is 12.9 Å². The number of carbonyl (C=O) groups excluding carboxylic acids is 5. The number of fused-ring (bicyclic) bond motifs is 1. The number of hydrogen-bond acceptors (Lipinski definition) is 9. The zero-order valence-electron chi connectivity index (χ0n) is 17.7. The van der Waals surface area contributed by atoms with Gasteiger partial charge in [0.15, 0.2) is 5.78 Å². The van der Waals surface area contributed by atoms with Crippen molar-refractivity contribution in [1.29, 1.82) is 0 Å². The van der Waals surface area contributed by atoms with Crippen LogP contribution in [0.1, 0.15) is 27.2 Å². The molecular formula is C19H25BrN2O8S. The summed E-state index contributed by atoms with van der Waals surface area (Å²) in [6.07, 6.45) is -0.342. The van der Waals surface area contributed by atoms with Gasteiger partial charge in [-0.05, 0) is 26.3 Å². The van der Waals surface area contributed by atoms with E-state index in [1.807, 2.05) is 0 Å². The third-order valence-corrected chi connectivity index (χ3v) is 6.34. The van der Waals surface area contributed by atoms with Gasteiger partial charge in [-0.3, -0.25) is 24.1 Å². The molecule has 2 amide bonds. The Morgan fingerprint density at radius 1 is 1.23 bits per heavy atom. The summed E-state index contributed by atoms with van der Waals surface area (Å²) in [7, 11) is 1.46. The van der Waals surface area contributed by atoms with E-state index in [-0.39, 0.29) is 29.8 Å². The number of ketones is 1. The Kier molecular flexibility index (Phi) is 8.66. The van der Waals surface area contributed by atoms with Gasteiger partial charge in [0.05, 0.1) is 23.8 Å². The third kappa shape index (κ3) is 6.07. The maximum absolute atomic E-state index is 12.7. The molecule has 10 nitrogen and oxygen atoms in total. The maximum Gasteiger partial charge on any atom is 0.358 e. The first-order valence-electron chi connectivity index (χ1n) is 9.38. The molecule has 2 atom stereocenters. The molecular weight excluding hydrogens is 496 g/mol. The Balaban J connectivity index is 2.08. The fraction of sp³-hybridized carbons (Fsp3) is 0.632. The first-order chi connectivity index (χ1) is 14.5. The van der Waals surface area contributed by atoms with Crippen molar-refractivity contribution in [3.05, 3.63) is 11.3 Å². The summed E-state index contributed by atoms with van der Waals surface area (Å²) in [5.74, 6) is -2.36. The van der Waals surface area contributed by atoms with Crippen molar-refractivity contribution >= 4 is 57.2 Å². The lowest BCUT2D eigenvalue weighted by Crippen LogP contribution is -2.70. The number of nitrogens with one attached hydrogen (secondary N) is 1. The van der Waals surface area contributed by atoms with E-state index in [4.69, 9.17) is 14.2 Å². The van der Waals surface area contributed by atoms with Crippen molar-refractivity contribution in [3.63, 3.8) is 0 Å². The Hall–Kier alpha value is -1.92. The molecule has 31 heavy (non-hydrogen) atoms. The summed E-state index contributed by atoms with van der Waals surface area (Å²) in [5.41, 5.74) is -0.193. The van der Waals surface area contributed by atoms with Gasteiger partial charge >= 0.3 is 11.9 Å². The summed E-state index contributed by atoms with van der Waals surface area (Å²) in [5, 5.41) is 2.07. The fourth-order valence-corrected chi connectivity index (χ4v) is 4.35. The summed E-state index contributed by atoms with van der Waals surface area (Å²) in [6.45, 7) is 4.51. The van der Waals surface area contributed by atoms with Crippen molar-refractivity contribution in [1.82, 2.24) is 10.2 Å². The van der Waals surface area contributed by atoms with E-state index < -0.39 is 47.4 Å². The zero-order chi connectivity index (χ0) is 23.3. The number of esters is 2. The molecule has 0 saturated carbocycles. The molecule has 2 aliphatic heterocycles. The van der Waals surface area contributed by atoms with E-state index in [2.05, 4.69) is 21.2 Å². The van der Waals surface area contributed by atoms with Crippen LogP contribution in [0.25, 0.3) is 0 Å². The average molecular weight is 521 g/mol. The Labute approximate surface area is 192 Å². The van der Waals surface area contributed by atoms with E-state index in [0.29, 0.717) is 11.3 Å². The molecule has 1 unspecified atom stereocenters. The van der Waals surface area contributed by atoms with Crippen molar-refractivity contribution in [2.24, 2.45) is 5.41 Å². The van der Waals surface area contributed by atoms with E-state index in [1.54, 1.807) is 20.8 Å². The molecule has 1 N–H and O–H groups in total. The van der Waals surface area contributed by atoms with E-state index in [1.165, 1.54) is 23.8 Å². The number of alkyl halides is 1. The van der Waals surface area contributed by atoms with Gasteiger partial charge in [-0.25, -0.2) is 4.79 Å². The standard InChI is InChI=1S/C19H25BrN2O8S/c1-19(2,3)18(27)30-9-29-17(26)14-10(7-28-4)8-31-16-13(15(25)22(14)16)21-12(24)5-11(23)6-20/h13,16H,5-9H2,1-4H3,(H,21,24)/t13?,16-/m1/s1. The van der Waals surface area contributed by atoms with Crippen molar-refractivity contribution in [3.8, 4) is 0 Å². The predicted octanol–water partition coefficient (Wildman–Crippen LogP) is 0.731. The topological polar surface area (TPSA) is 128 Å². The second kappa shape index (κ2) is 10.6. The number of rotatable bonds is 9. The summed E-state index contributed by atoms with van der Waals surface area (Å²) >= 11 is 4.34. The summed E-state index contributed by atoms with van der Waals surface area (Å²) in [4.78, 5) is 61.9. The third-order valence-electron chi connectivity index (χ3n) is 4.37. The van der Waals surface area contributed by atoms with Crippen LogP contribution in [-0.2, 0) is 38.2 Å². The van der Waals surface area contributed by atoms with Crippen LogP contribution in [0.4, 0.5) is 0 Å². The van der Waals surface area contributed by atoms with Crippen LogP contribution < -0.4 is 5.32 Å². The molecule has 0 aromatic rings. The molecule has 0 aromatic carbocycles. The number of carbonyl (C=O) groups is 5. The molecule has 1 fully saturated rings. The molecule has 0 spiro atoms. The van der Waals surface area contributed by atoms with Crippen LogP contribution in [0.3, 0.4) is 0 Å². The lowest BCUT2D eigenvalue weighted by molar-refractivity contribution is -0.173. The second-order valence-corrected chi connectivity index (χ2v) is 9.59.